The van der Waals surface area contributed by atoms with Crippen LogP contribution < -0.4 is 4.90 Å². The molecule has 0 radical (unpaired) electrons. The zero-order valence-electron chi connectivity index (χ0n) is 29.0. The van der Waals surface area contributed by atoms with Crippen molar-refractivity contribution in [3.8, 4) is 28.3 Å². The molecule has 248 valence electrons. The quantitative estimate of drug-likeness (QED) is 0.175. The van der Waals surface area contributed by atoms with Gasteiger partial charge in [0.2, 0.25) is 0 Å². The molecule has 2 aliphatic carbocycles. The first kappa shape index (κ1) is 29.9. The van der Waals surface area contributed by atoms with E-state index in [9.17, 15) is 5.26 Å². The van der Waals surface area contributed by atoms with Crippen LogP contribution in [0, 0.1) is 11.3 Å². The molecule has 0 N–H and O–H groups in total. The molecule has 2 aliphatic heterocycles. The lowest BCUT2D eigenvalue weighted by Crippen LogP contribution is -2.41. The highest BCUT2D eigenvalue weighted by atomic mass is 15.3. The Balaban J connectivity index is 1.08. The molecule has 7 aromatic rings. The predicted octanol–water partition coefficient (Wildman–Crippen LogP) is 12.1. The predicted molar refractivity (Wildman–Crippen MR) is 221 cm³/mol. The number of hydrogen-bond donors (Lipinski definition) is 0. The number of hydrogen-bond acceptors (Lipinski definition) is 3. The van der Waals surface area contributed by atoms with Gasteiger partial charge in [-0.15, -0.1) is 0 Å². The van der Waals surface area contributed by atoms with Crippen LogP contribution in [0.1, 0.15) is 35.1 Å². The molecule has 0 fully saturated rings. The first-order chi connectivity index (χ1) is 26.2. The lowest BCUT2D eigenvalue weighted by atomic mass is 9.82. The Morgan fingerprint density at radius 2 is 1.32 bits per heavy atom. The van der Waals surface area contributed by atoms with Gasteiger partial charge in [0.15, 0.2) is 0 Å². The van der Waals surface area contributed by atoms with Crippen LogP contribution in [0.25, 0.3) is 65.7 Å². The molecule has 2 heterocycles. The lowest BCUT2D eigenvalue weighted by molar-refractivity contribution is 0.739. The van der Waals surface area contributed by atoms with Crippen molar-refractivity contribution in [2.24, 2.45) is 4.99 Å². The summed E-state index contributed by atoms with van der Waals surface area (Å²) >= 11 is 0. The van der Waals surface area contributed by atoms with Gasteiger partial charge in [-0.25, -0.2) is 0 Å². The summed E-state index contributed by atoms with van der Waals surface area (Å²) in [6.45, 7) is 0. The molecule has 0 bridgehead atoms. The zero-order valence-corrected chi connectivity index (χ0v) is 29.0. The molecule has 11 rings (SSSR count). The summed E-state index contributed by atoms with van der Waals surface area (Å²) in [5.74, 6) is 0.989. The van der Waals surface area contributed by atoms with Crippen molar-refractivity contribution in [2.75, 3.05) is 4.90 Å². The van der Waals surface area contributed by atoms with Gasteiger partial charge < -0.3 is 4.90 Å². The van der Waals surface area contributed by atoms with Crippen LogP contribution in [0.15, 0.2) is 169 Å². The normalized spacial score (nSPS) is 18.2. The number of benzene rings is 7. The molecule has 0 amide bonds. The van der Waals surface area contributed by atoms with Gasteiger partial charge in [-0.3, -0.25) is 4.99 Å². The Morgan fingerprint density at radius 3 is 2.11 bits per heavy atom. The molecule has 0 saturated carbocycles. The second kappa shape index (κ2) is 11.6. The highest BCUT2D eigenvalue weighted by Crippen LogP contribution is 2.48. The monoisotopic (exact) mass is 675 g/mol. The summed E-state index contributed by atoms with van der Waals surface area (Å²) in [4.78, 5) is 7.56. The Hall–Kier alpha value is -6.76. The third kappa shape index (κ3) is 4.49. The molecule has 3 heteroatoms. The Bertz CT molecular complexity index is 2870. The van der Waals surface area contributed by atoms with E-state index in [1.54, 1.807) is 0 Å². The maximum atomic E-state index is 9.85. The highest BCUT2D eigenvalue weighted by Gasteiger charge is 2.40. The van der Waals surface area contributed by atoms with E-state index >= 15 is 0 Å². The van der Waals surface area contributed by atoms with Gasteiger partial charge in [0.05, 0.1) is 29.4 Å². The number of allylic oxidation sites excluding steroid dienone is 6. The van der Waals surface area contributed by atoms with Crippen molar-refractivity contribution in [1.82, 2.24) is 0 Å². The van der Waals surface area contributed by atoms with Crippen molar-refractivity contribution in [3.63, 3.8) is 0 Å². The molecule has 0 saturated heterocycles. The fourth-order valence-electron chi connectivity index (χ4n) is 9.23. The van der Waals surface area contributed by atoms with Gasteiger partial charge in [0.25, 0.3) is 0 Å². The molecular formula is C50H33N3. The molecule has 0 aromatic heterocycles. The van der Waals surface area contributed by atoms with E-state index < -0.39 is 0 Å². The van der Waals surface area contributed by atoms with E-state index in [0.717, 1.165) is 35.5 Å². The fourth-order valence-corrected chi connectivity index (χ4v) is 9.23. The van der Waals surface area contributed by atoms with E-state index in [-0.39, 0.29) is 12.1 Å². The standard InChI is InChI=1S/C50H33N3/c51-30-31-23-25-37-44-29-34(24-26-43(44)50-52-45-21-7-8-22-46(45)53(50)47(37)27-31)33-13-9-14-35(28-33)48-39-16-3-5-18-41(39)49(42-19-6-4-17-40(42)48)38-20-10-12-32-11-1-2-15-36(32)38/h1-8,10-12,14-29,45-46H,9,13H2. The minimum atomic E-state index is 0.0598. The fraction of sp³-hybridized carbons (Fsp3) is 0.0800. The van der Waals surface area contributed by atoms with Crippen molar-refractivity contribution < 1.29 is 0 Å². The number of rotatable bonds is 3. The number of anilines is 1. The van der Waals surface area contributed by atoms with Crippen LogP contribution in [0.4, 0.5) is 5.69 Å². The molecular weight excluding hydrogens is 643 g/mol. The molecule has 3 nitrogen and oxygen atoms in total. The van der Waals surface area contributed by atoms with Crippen LogP contribution >= 0.6 is 0 Å². The van der Waals surface area contributed by atoms with E-state index in [0.29, 0.717) is 5.56 Å². The van der Waals surface area contributed by atoms with Crippen molar-refractivity contribution in [3.05, 3.63) is 186 Å². The SMILES string of the molecule is N#Cc1ccc2c(c1)N1C(=NC3C=CC=CC31)c1ccc(C3=CC(c4c5ccccc5c(-c5cccc6ccccc56)c5ccccc45)=CCC3)cc1-2. The number of amidine groups is 1. The van der Waals surface area contributed by atoms with Gasteiger partial charge in [0.1, 0.15) is 5.84 Å². The maximum absolute atomic E-state index is 9.85. The van der Waals surface area contributed by atoms with Gasteiger partial charge in [-0.1, -0.05) is 146 Å². The third-order valence-corrected chi connectivity index (χ3v) is 11.6. The topological polar surface area (TPSA) is 39.4 Å². The summed E-state index contributed by atoms with van der Waals surface area (Å²) < 4.78 is 0. The van der Waals surface area contributed by atoms with E-state index in [2.05, 4.69) is 163 Å². The Labute approximate surface area is 308 Å². The average molecular weight is 676 g/mol. The van der Waals surface area contributed by atoms with Crippen LogP contribution in [0.5, 0.6) is 0 Å². The Morgan fingerprint density at radius 1 is 0.623 bits per heavy atom. The number of nitriles is 1. The number of nitrogens with zero attached hydrogens (tertiary/aromatic N) is 3. The molecule has 7 aromatic carbocycles. The zero-order chi connectivity index (χ0) is 35.0. The first-order valence-electron chi connectivity index (χ1n) is 18.5. The molecule has 4 aliphatic rings. The second-order valence-electron chi connectivity index (χ2n) is 14.4. The summed E-state index contributed by atoms with van der Waals surface area (Å²) in [6.07, 6.45) is 15.4. The highest BCUT2D eigenvalue weighted by molar-refractivity contribution is 6.23. The second-order valence-corrected chi connectivity index (χ2v) is 14.4. The maximum Gasteiger partial charge on any atom is 0.137 e. The van der Waals surface area contributed by atoms with E-state index in [1.807, 2.05) is 12.1 Å². The minimum absolute atomic E-state index is 0.0598. The minimum Gasteiger partial charge on any atom is -0.316 e. The van der Waals surface area contributed by atoms with E-state index in [4.69, 9.17) is 4.99 Å². The average Bonchev–Trinajstić information content (AvgIpc) is 3.62. The van der Waals surface area contributed by atoms with Crippen molar-refractivity contribution >= 4 is 55.0 Å². The summed E-state index contributed by atoms with van der Waals surface area (Å²) in [7, 11) is 0. The summed E-state index contributed by atoms with van der Waals surface area (Å²) in [5.41, 5.74) is 12.9. The smallest absolute Gasteiger partial charge is 0.137 e. The number of fused-ring (bicyclic) bond motifs is 11. The van der Waals surface area contributed by atoms with Crippen molar-refractivity contribution in [1.29, 1.82) is 5.26 Å². The third-order valence-electron chi connectivity index (χ3n) is 11.6. The van der Waals surface area contributed by atoms with Crippen LogP contribution in [0.2, 0.25) is 0 Å². The molecule has 53 heavy (non-hydrogen) atoms. The van der Waals surface area contributed by atoms with E-state index in [1.165, 1.54) is 71.3 Å². The van der Waals surface area contributed by atoms with Gasteiger partial charge in [0, 0.05) is 11.1 Å². The van der Waals surface area contributed by atoms with Crippen molar-refractivity contribution in [2.45, 2.75) is 24.9 Å². The molecule has 2 unspecified atom stereocenters. The van der Waals surface area contributed by atoms with Crippen LogP contribution in [0.3, 0.4) is 0 Å². The first-order valence-corrected chi connectivity index (χ1v) is 18.5. The van der Waals surface area contributed by atoms with Crippen LogP contribution in [-0.4, -0.2) is 17.9 Å². The van der Waals surface area contributed by atoms with Crippen LogP contribution in [-0.2, 0) is 0 Å². The Kier molecular flexibility index (Phi) is 6.57. The van der Waals surface area contributed by atoms with Gasteiger partial charge in [-0.05, 0) is 102 Å². The molecule has 2 atom stereocenters. The van der Waals surface area contributed by atoms with Gasteiger partial charge >= 0.3 is 0 Å². The summed E-state index contributed by atoms with van der Waals surface area (Å²) in [5, 5.41) is 17.5. The van der Waals surface area contributed by atoms with Gasteiger partial charge in [-0.2, -0.15) is 5.26 Å². The number of aliphatic imine (C=N–C) groups is 1. The largest absolute Gasteiger partial charge is 0.316 e. The molecule has 0 spiro atoms. The summed E-state index contributed by atoms with van der Waals surface area (Å²) in [6, 6.07) is 48.9. The lowest BCUT2D eigenvalue weighted by Gasteiger charge is -2.35.